The molecule has 2 aromatic carbocycles. The van der Waals surface area contributed by atoms with Crippen molar-refractivity contribution in [1.29, 1.82) is 5.26 Å². The zero-order chi connectivity index (χ0) is 27.6. The number of carbonyl (C=O) groups is 2. The molecule has 1 saturated heterocycles. The fourth-order valence-corrected chi connectivity index (χ4v) is 5.17. The van der Waals surface area contributed by atoms with Crippen molar-refractivity contribution < 1.29 is 27.2 Å². The van der Waals surface area contributed by atoms with Crippen LogP contribution in [0.2, 0.25) is 0 Å². The Kier molecular flexibility index (Phi) is 6.47. The van der Waals surface area contributed by atoms with Crippen LogP contribution >= 0.6 is 12.2 Å². The Bertz CT molecular complexity index is 1440. The summed E-state index contributed by atoms with van der Waals surface area (Å²) in [4.78, 5) is 27.7. The van der Waals surface area contributed by atoms with Crippen LogP contribution in [0.15, 0.2) is 12.1 Å². The van der Waals surface area contributed by atoms with Crippen LogP contribution in [-0.2, 0) is 11.0 Å². The maximum Gasteiger partial charge on any atom is 0.417 e. The lowest BCUT2D eigenvalue weighted by Gasteiger charge is -2.44. The molecule has 15 heteroatoms. The second-order valence-electron chi connectivity index (χ2n) is 8.57. The highest BCUT2D eigenvalue weighted by Crippen LogP contribution is 2.47. The van der Waals surface area contributed by atoms with Crippen molar-refractivity contribution in [2.24, 2.45) is 0 Å². The van der Waals surface area contributed by atoms with Gasteiger partial charge in [0.1, 0.15) is 42.7 Å². The van der Waals surface area contributed by atoms with Crippen LogP contribution < -0.4 is 37.0 Å². The third-order valence-corrected chi connectivity index (χ3v) is 6.95. The summed E-state index contributed by atoms with van der Waals surface area (Å²) >= 11 is 5.50. The minimum absolute atomic E-state index is 0.183. The van der Waals surface area contributed by atoms with Gasteiger partial charge in [0.05, 0.1) is 22.8 Å². The first-order valence-electron chi connectivity index (χ1n) is 10.7. The van der Waals surface area contributed by atoms with E-state index in [1.807, 2.05) is 0 Å². The summed E-state index contributed by atoms with van der Waals surface area (Å²) in [5.74, 6) is -2.70. The first-order valence-corrected chi connectivity index (χ1v) is 11.1. The van der Waals surface area contributed by atoms with Crippen molar-refractivity contribution in [1.82, 2.24) is 5.32 Å². The molecule has 6 nitrogen and oxygen atoms in total. The molecule has 0 unspecified atom stereocenters. The molecule has 1 heterocycles. The van der Waals surface area contributed by atoms with Crippen molar-refractivity contribution in [3.8, 4) is 6.07 Å². The number of hydrogen-bond donors (Lipinski definition) is 1. The molecule has 2 aliphatic rings. The number of halogens is 4. The van der Waals surface area contributed by atoms with Crippen LogP contribution in [0.3, 0.4) is 0 Å². The van der Waals surface area contributed by atoms with Crippen molar-refractivity contribution in [3.05, 3.63) is 34.6 Å². The molecule has 1 spiro atoms. The molecule has 1 aliphatic carbocycles. The number of anilines is 2. The van der Waals surface area contributed by atoms with E-state index in [1.54, 1.807) is 0 Å². The molecule has 2 amide bonds. The highest BCUT2D eigenvalue weighted by Gasteiger charge is 2.60. The number of nitriles is 1. The highest BCUT2D eigenvalue weighted by molar-refractivity contribution is 7.81. The molecule has 4 rings (SSSR count). The summed E-state index contributed by atoms with van der Waals surface area (Å²) in [5.41, 5.74) is -7.15. The van der Waals surface area contributed by atoms with Gasteiger partial charge in [0, 0.05) is 18.4 Å². The molecule has 37 heavy (non-hydrogen) atoms. The molecule has 2 fully saturated rings. The molecule has 1 N–H and O–H groups in total. The summed E-state index contributed by atoms with van der Waals surface area (Å²) in [7, 11) is 25.3. The number of nitrogens with one attached hydrogen (secondary N) is 1. The SMILES string of the molecule is [B]c1cc(C#N)c(C(F)(F)F)c([B])c1N1C(=O)C2(CCC2)N(c2c([B])cc(C(=O)NC)c(F)c2[B])C1=S. The van der Waals surface area contributed by atoms with E-state index < -0.39 is 73.2 Å². The Morgan fingerprint density at radius 1 is 1.14 bits per heavy atom. The molecule has 1 saturated carbocycles. The third kappa shape index (κ3) is 3.76. The zero-order valence-electron chi connectivity index (χ0n) is 19.2. The van der Waals surface area contributed by atoms with Gasteiger partial charge >= 0.3 is 6.18 Å². The predicted molar refractivity (Wildman–Crippen MR) is 137 cm³/mol. The molecular weight excluding hydrogens is 504 g/mol. The van der Waals surface area contributed by atoms with E-state index in [2.05, 4.69) is 5.32 Å². The minimum atomic E-state index is -5.05. The van der Waals surface area contributed by atoms with Gasteiger partial charge in [-0.3, -0.25) is 14.5 Å². The quantitative estimate of drug-likeness (QED) is 0.333. The van der Waals surface area contributed by atoms with E-state index in [0.717, 1.165) is 17.0 Å². The largest absolute Gasteiger partial charge is 0.417 e. The average molecular weight is 516 g/mol. The number of nitrogens with zero attached hydrogens (tertiary/aromatic N) is 3. The number of hydrogen-bond acceptors (Lipinski definition) is 4. The number of amides is 2. The second kappa shape index (κ2) is 8.94. The summed E-state index contributed by atoms with van der Waals surface area (Å²) in [6.07, 6.45) is -4.16. The zero-order valence-corrected chi connectivity index (χ0v) is 20.0. The van der Waals surface area contributed by atoms with E-state index in [9.17, 15) is 28.0 Å². The number of benzene rings is 2. The van der Waals surface area contributed by atoms with Gasteiger partial charge in [0.25, 0.3) is 11.8 Å². The standard InChI is InChI=1S/C22H12B4F4N4O2S/c1-32-18(35)9-6-11(24)17(14(26)15(9)27)34-20(37)33(19(36)21(34)3-2-4-21)16-10(23)5-8(7-31)12(13(16)25)22(28,29)30/h5-6H,2-4H2,1H3,(H,32,35). The normalized spacial score (nSPS) is 16.6. The predicted octanol–water partition coefficient (Wildman–Crippen LogP) is -0.688. The molecule has 1 aliphatic heterocycles. The molecule has 0 atom stereocenters. The topological polar surface area (TPSA) is 76.4 Å². The van der Waals surface area contributed by atoms with Gasteiger partial charge in [0.15, 0.2) is 5.11 Å². The fourth-order valence-electron chi connectivity index (χ4n) is 4.73. The van der Waals surface area contributed by atoms with Crippen LogP contribution in [-0.4, -0.2) is 60.9 Å². The summed E-state index contributed by atoms with van der Waals surface area (Å²) in [6, 6.07) is 3.18. The van der Waals surface area contributed by atoms with Gasteiger partial charge in [0.2, 0.25) is 0 Å². The maximum atomic E-state index is 15.1. The van der Waals surface area contributed by atoms with Gasteiger partial charge in [-0.1, -0.05) is 22.5 Å². The molecule has 0 bridgehead atoms. The first kappa shape index (κ1) is 26.8. The van der Waals surface area contributed by atoms with E-state index in [1.165, 1.54) is 18.0 Å². The lowest BCUT2D eigenvalue weighted by molar-refractivity contribution is -0.137. The van der Waals surface area contributed by atoms with Crippen molar-refractivity contribution in [3.63, 3.8) is 0 Å². The van der Waals surface area contributed by atoms with Gasteiger partial charge in [-0.05, 0) is 43.0 Å². The van der Waals surface area contributed by atoms with Crippen LogP contribution in [0.4, 0.5) is 28.9 Å². The van der Waals surface area contributed by atoms with Crippen molar-refractivity contribution >= 4 is 93.8 Å². The molecule has 178 valence electrons. The first-order chi connectivity index (χ1) is 17.2. The van der Waals surface area contributed by atoms with Crippen LogP contribution in [0.25, 0.3) is 0 Å². The average Bonchev–Trinajstić information content (AvgIpc) is 3.01. The number of thiocarbonyl (C=S) groups is 1. The smallest absolute Gasteiger partial charge is 0.355 e. The number of rotatable bonds is 3. The second-order valence-corrected chi connectivity index (χ2v) is 8.94. The van der Waals surface area contributed by atoms with Crippen LogP contribution in [0.1, 0.15) is 40.7 Å². The monoisotopic (exact) mass is 516 g/mol. The summed E-state index contributed by atoms with van der Waals surface area (Å²) < 4.78 is 56.6. The number of alkyl halides is 3. The Labute approximate surface area is 220 Å². The maximum absolute atomic E-state index is 15.1. The van der Waals surface area contributed by atoms with Crippen LogP contribution in [0, 0.1) is 17.1 Å². The van der Waals surface area contributed by atoms with E-state index in [0.29, 0.717) is 6.42 Å². The van der Waals surface area contributed by atoms with Gasteiger partial charge < -0.3 is 10.2 Å². The van der Waals surface area contributed by atoms with Gasteiger partial charge in [-0.25, -0.2) is 4.39 Å². The Balaban J connectivity index is 1.96. The molecule has 2 aromatic rings. The Morgan fingerprint density at radius 3 is 2.22 bits per heavy atom. The fraction of sp³-hybridized carbons (Fsp3) is 0.273. The van der Waals surface area contributed by atoms with Gasteiger partial charge in [-0.15, -0.1) is 0 Å². The van der Waals surface area contributed by atoms with Crippen molar-refractivity contribution in [2.45, 2.75) is 31.0 Å². The van der Waals surface area contributed by atoms with E-state index in [-0.39, 0.29) is 24.0 Å². The highest BCUT2D eigenvalue weighted by atomic mass is 32.1. The van der Waals surface area contributed by atoms with Gasteiger partial charge in [-0.2, -0.15) is 18.4 Å². The lowest BCUT2D eigenvalue weighted by atomic mass is 9.72. The number of carbonyl (C=O) groups excluding carboxylic acids is 2. The minimum Gasteiger partial charge on any atom is -0.355 e. The Hall–Kier alpha value is -3.26. The third-order valence-electron chi connectivity index (χ3n) is 6.58. The summed E-state index contributed by atoms with van der Waals surface area (Å²) in [6.45, 7) is 0. The Morgan fingerprint density at radius 2 is 1.73 bits per heavy atom. The van der Waals surface area contributed by atoms with Crippen molar-refractivity contribution in [2.75, 3.05) is 16.8 Å². The summed E-state index contributed by atoms with van der Waals surface area (Å²) in [5, 5.41) is 11.1. The van der Waals surface area contributed by atoms with Crippen LogP contribution in [0.5, 0.6) is 0 Å². The van der Waals surface area contributed by atoms with E-state index >= 15 is 4.39 Å². The lowest BCUT2D eigenvalue weighted by Crippen LogP contribution is -2.57. The molecular formula is C22H12B4F4N4O2S. The molecule has 0 aromatic heterocycles. The molecule has 8 radical (unpaired) electrons. The van der Waals surface area contributed by atoms with E-state index in [4.69, 9.17) is 43.6 Å².